The Labute approximate surface area is 197 Å². The molecule has 9 nitrogen and oxygen atoms in total. The van der Waals surface area contributed by atoms with Crippen molar-refractivity contribution in [1.29, 1.82) is 0 Å². The van der Waals surface area contributed by atoms with Crippen LogP contribution in [0.2, 0.25) is 0 Å². The molecule has 1 N–H and O–H groups in total. The first-order valence-electron chi connectivity index (χ1n) is 10.6. The summed E-state index contributed by atoms with van der Waals surface area (Å²) < 4.78 is 34.2. The summed E-state index contributed by atoms with van der Waals surface area (Å²) in [6, 6.07) is 6.47. The molecule has 0 unspecified atom stereocenters. The number of nitrogens with one attached hydrogen (secondary N) is 1. The number of nitrogens with zero attached hydrogens (tertiary/aromatic N) is 1. The summed E-state index contributed by atoms with van der Waals surface area (Å²) in [5.41, 5.74) is 0.658. The molecule has 0 aliphatic heterocycles. The maximum atomic E-state index is 13.2. The number of pyridine rings is 1. The van der Waals surface area contributed by atoms with Crippen LogP contribution < -0.4 is 14.8 Å². The van der Waals surface area contributed by atoms with Gasteiger partial charge in [0, 0.05) is 32.2 Å². The van der Waals surface area contributed by atoms with Gasteiger partial charge in [-0.1, -0.05) is 12.1 Å². The number of aromatic nitrogens is 1. The molecule has 0 spiro atoms. The molecule has 1 amide bonds. The minimum atomic E-state index is -1.03. The van der Waals surface area contributed by atoms with E-state index < -0.39 is 30.0 Å². The third kappa shape index (κ3) is 7.51. The number of carbonyl (C=O) groups is 3. The van der Waals surface area contributed by atoms with Gasteiger partial charge in [-0.3, -0.25) is 9.59 Å². The Morgan fingerprint density at radius 2 is 1.76 bits per heavy atom. The van der Waals surface area contributed by atoms with Gasteiger partial charge in [-0.25, -0.2) is 14.2 Å². The summed E-state index contributed by atoms with van der Waals surface area (Å²) >= 11 is 0. The summed E-state index contributed by atoms with van der Waals surface area (Å²) in [6.45, 7) is 4.68. The molecule has 1 heterocycles. The molecule has 1 aromatic heterocycles. The zero-order chi connectivity index (χ0) is 25.3. The predicted molar refractivity (Wildman–Crippen MR) is 120 cm³/mol. The smallest absolute Gasteiger partial charge is 0.328 e. The van der Waals surface area contributed by atoms with E-state index in [2.05, 4.69) is 10.3 Å². The Morgan fingerprint density at radius 1 is 1.09 bits per heavy atom. The lowest BCUT2D eigenvalue weighted by Crippen LogP contribution is -2.42. The maximum Gasteiger partial charge on any atom is 0.328 e. The molecule has 0 radical (unpaired) electrons. The first kappa shape index (κ1) is 26.7. The highest BCUT2D eigenvalue weighted by Gasteiger charge is 2.27. The van der Waals surface area contributed by atoms with Crippen LogP contribution in [0.4, 0.5) is 4.39 Å². The second-order valence-electron chi connectivity index (χ2n) is 7.67. The van der Waals surface area contributed by atoms with Gasteiger partial charge in [0.1, 0.15) is 18.0 Å². The van der Waals surface area contributed by atoms with Crippen molar-refractivity contribution < 1.29 is 37.7 Å². The summed E-state index contributed by atoms with van der Waals surface area (Å²) in [6.07, 6.45) is 1.27. The topological polar surface area (TPSA) is 113 Å². The van der Waals surface area contributed by atoms with E-state index in [9.17, 15) is 18.8 Å². The highest BCUT2D eigenvalue weighted by atomic mass is 19.1. The van der Waals surface area contributed by atoms with Crippen LogP contribution in [0.15, 0.2) is 36.5 Å². The van der Waals surface area contributed by atoms with E-state index in [1.807, 2.05) is 0 Å². The Kier molecular flexibility index (Phi) is 9.93. The van der Waals surface area contributed by atoms with Gasteiger partial charge in [-0.05, 0) is 38.0 Å². The van der Waals surface area contributed by atoms with Gasteiger partial charge in [0.25, 0.3) is 5.91 Å². The van der Waals surface area contributed by atoms with Crippen molar-refractivity contribution in [3.05, 3.63) is 53.6 Å². The van der Waals surface area contributed by atoms with E-state index >= 15 is 0 Å². The van der Waals surface area contributed by atoms with Crippen LogP contribution in [0.3, 0.4) is 0 Å². The number of benzene rings is 1. The monoisotopic (exact) mass is 476 g/mol. The molecular formula is C24H29FN2O7. The number of hydrogen-bond acceptors (Lipinski definition) is 8. The van der Waals surface area contributed by atoms with E-state index in [4.69, 9.17) is 18.9 Å². The number of ether oxygens (including phenoxy) is 4. The van der Waals surface area contributed by atoms with Gasteiger partial charge in [0.05, 0.1) is 13.7 Å². The van der Waals surface area contributed by atoms with Crippen molar-refractivity contribution in [3.8, 4) is 11.5 Å². The van der Waals surface area contributed by atoms with Gasteiger partial charge in [0.2, 0.25) is 5.75 Å². The Morgan fingerprint density at radius 3 is 2.35 bits per heavy atom. The molecular weight excluding hydrogens is 447 g/mol. The minimum absolute atomic E-state index is 0.141. The fourth-order valence-corrected chi connectivity index (χ4v) is 3.20. The molecule has 0 bridgehead atoms. The van der Waals surface area contributed by atoms with E-state index in [0.717, 1.165) is 5.56 Å². The molecule has 2 aromatic rings. The van der Waals surface area contributed by atoms with Crippen LogP contribution in [-0.4, -0.2) is 55.8 Å². The molecule has 0 saturated carbocycles. The maximum absolute atomic E-state index is 13.2. The standard InChI is InChI=1S/C24H29FN2O7/c1-14(27-23(29)21-22(34-16(3)28)20(32-5)10-11-26-21)24(30)33-15(2)18(13-31-4)12-17-6-8-19(25)9-7-17/h6-11,14-15,18H,12-13H2,1-5H3,(H,27,29)/t14-,15-,18+/m0/s1. The molecule has 0 aliphatic carbocycles. The average molecular weight is 477 g/mol. The van der Waals surface area contributed by atoms with Gasteiger partial charge in [-0.2, -0.15) is 0 Å². The van der Waals surface area contributed by atoms with Crippen molar-refractivity contribution in [2.75, 3.05) is 20.8 Å². The molecule has 3 atom stereocenters. The SMILES string of the molecule is COC[C@@H](Cc1ccc(F)cc1)[C@H](C)OC(=O)[C@H](C)NC(=O)c1nccc(OC)c1OC(C)=O. The quantitative estimate of drug-likeness (QED) is 0.493. The summed E-state index contributed by atoms with van der Waals surface area (Å²) in [7, 11) is 2.89. The van der Waals surface area contributed by atoms with E-state index in [0.29, 0.717) is 13.0 Å². The highest BCUT2D eigenvalue weighted by molar-refractivity contribution is 5.98. The van der Waals surface area contributed by atoms with Gasteiger partial charge >= 0.3 is 11.9 Å². The van der Waals surface area contributed by atoms with Crippen molar-refractivity contribution in [1.82, 2.24) is 10.3 Å². The summed E-state index contributed by atoms with van der Waals surface area (Å²) in [5.74, 6) is -2.61. The Bertz CT molecular complexity index is 997. The van der Waals surface area contributed by atoms with Gasteiger partial charge < -0.3 is 24.3 Å². The van der Waals surface area contributed by atoms with Crippen LogP contribution in [0.1, 0.15) is 36.8 Å². The fraction of sp³-hybridized carbons (Fsp3) is 0.417. The number of hydrogen-bond donors (Lipinski definition) is 1. The molecule has 184 valence electrons. The number of carbonyl (C=O) groups excluding carboxylic acids is 3. The van der Waals surface area contributed by atoms with Crippen molar-refractivity contribution in [2.24, 2.45) is 5.92 Å². The van der Waals surface area contributed by atoms with Crippen LogP contribution in [0, 0.1) is 11.7 Å². The molecule has 10 heteroatoms. The van der Waals surface area contributed by atoms with Crippen molar-refractivity contribution in [3.63, 3.8) is 0 Å². The van der Waals surface area contributed by atoms with E-state index in [-0.39, 0.29) is 28.9 Å². The normalized spacial score (nSPS) is 13.4. The Balaban J connectivity index is 2.06. The van der Waals surface area contributed by atoms with Crippen LogP contribution in [0.5, 0.6) is 11.5 Å². The Hall–Kier alpha value is -3.53. The fourth-order valence-electron chi connectivity index (χ4n) is 3.20. The lowest BCUT2D eigenvalue weighted by atomic mass is 9.95. The number of methoxy groups -OCH3 is 2. The van der Waals surface area contributed by atoms with Crippen molar-refractivity contribution in [2.45, 2.75) is 39.3 Å². The number of esters is 2. The number of rotatable bonds is 11. The largest absolute Gasteiger partial charge is 0.493 e. The van der Waals surface area contributed by atoms with Crippen LogP contribution in [-0.2, 0) is 25.5 Å². The van der Waals surface area contributed by atoms with Crippen LogP contribution in [0.25, 0.3) is 0 Å². The summed E-state index contributed by atoms with van der Waals surface area (Å²) in [4.78, 5) is 40.8. The molecule has 34 heavy (non-hydrogen) atoms. The second kappa shape index (κ2) is 12.6. The molecule has 0 fully saturated rings. The molecule has 0 saturated heterocycles. The lowest BCUT2D eigenvalue weighted by Gasteiger charge is -2.25. The number of amides is 1. The summed E-state index contributed by atoms with van der Waals surface area (Å²) in [5, 5.41) is 2.50. The molecule has 1 aromatic carbocycles. The van der Waals surface area contributed by atoms with Crippen LogP contribution >= 0.6 is 0 Å². The minimum Gasteiger partial charge on any atom is -0.493 e. The van der Waals surface area contributed by atoms with Gasteiger partial charge in [-0.15, -0.1) is 0 Å². The zero-order valence-corrected chi connectivity index (χ0v) is 19.8. The lowest BCUT2D eigenvalue weighted by molar-refractivity contribution is -0.153. The third-order valence-corrected chi connectivity index (χ3v) is 5.01. The van der Waals surface area contributed by atoms with Gasteiger partial charge in [0.15, 0.2) is 11.4 Å². The van der Waals surface area contributed by atoms with E-state index in [1.54, 1.807) is 19.1 Å². The second-order valence-corrected chi connectivity index (χ2v) is 7.67. The highest BCUT2D eigenvalue weighted by Crippen LogP contribution is 2.29. The van der Waals surface area contributed by atoms with Crippen molar-refractivity contribution >= 4 is 17.8 Å². The first-order valence-corrected chi connectivity index (χ1v) is 10.6. The predicted octanol–water partition coefficient (Wildman–Crippen LogP) is 2.71. The third-order valence-electron chi connectivity index (χ3n) is 5.01. The average Bonchev–Trinajstić information content (AvgIpc) is 2.79. The molecule has 2 rings (SSSR count). The number of halogens is 1. The van der Waals surface area contributed by atoms with E-state index in [1.165, 1.54) is 52.5 Å². The first-order chi connectivity index (χ1) is 16.2. The molecule has 0 aliphatic rings. The zero-order valence-electron chi connectivity index (χ0n) is 19.8.